The summed E-state index contributed by atoms with van der Waals surface area (Å²) in [6.07, 6.45) is 8.21. The molecule has 2 unspecified atom stereocenters. The van der Waals surface area contributed by atoms with Gasteiger partial charge in [-0.15, -0.1) is 11.8 Å². The fourth-order valence-corrected chi connectivity index (χ4v) is 3.90. The SMILES string of the molecule is CSC(C(=O)NC(CN)C1CCCCC1)c1ccccc1. The molecule has 3 N–H and O–H groups in total. The molecule has 0 aliphatic heterocycles. The summed E-state index contributed by atoms with van der Waals surface area (Å²) in [5.74, 6) is 0.640. The molecule has 0 bridgehead atoms. The quantitative estimate of drug-likeness (QED) is 0.849. The number of carbonyl (C=O) groups is 1. The lowest BCUT2D eigenvalue weighted by Gasteiger charge is -2.31. The molecule has 116 valence electrons. The first-order chi connectivity index (χ1) is 10.3. The average Bonchev–Trinajstić information content (AvgIpc) is 2.55. The topological polar surface area (TPSA) is 55.1 Å². The number of thioether (sulfide) groups is 1. The van der Waals surface area contributed by atoms with Crippen molar-refractivity contribution in [3.8, 4) is 0 Å². The second-order valence-corrected chi connectivity index (χ2v) is 6.72. The largest absolute Gasteiger partial charge is 0.351 e. The van der Waals surface area contributed by atoms with Crippen molar-refractivity contribution in [2.75, 3.05) is 12.8 Å². The third-order valence-corrected chi connectivity index (χ3v) is 5.33. The van der Waals surface area contributed by atoms with Gasteiger partial charge in [-0.2, -0.15) is 0 Å². The highest BCUT2D eigenvalue weighted by atomic mass is 32.2. The number of carbonyl (C=O) groups excluding carboxylic acids is 1. The van der Waals surface area contributed by atoms with Crippen molar-refractivity contribution in [1.29, 1.82) is 0 Å². The first-order valence-corrected chi connectivity index (χ1v) is 9.13. The van der Waals surface area contributed by atoms with Gasteiger partial charge in [0, 0.05) is 12.6 Å². The smallest absolute Gasteiger partial charge is 0.237 e. The van der Waals surface area contributed by atoms with Crippen LogP contribution < -0.4 is 11.1 Å². The molecule has 1 saturated carbocycles. The molecule has 0 heterocycles. The van der Waals surface area contributed by atoms with E-state index < -0.39 is 0 Å². The first-order valence-electron chi connectivity index (χ1n) is 7.84. The lowest BCUT2D eigenvalue weighted by atomic mass is 9.84. The van der Waals surface area contributed by atoms with E-state index in [4.69, 9.17) is 5.73 Å². The van der Waals surface area contributed by atoms with Gasteiger partial charge in [0.05, 0.1) is 0 Å². The van der Waals surface area contributed by atoms with Crippen LogP contribution in [-0.4, -0.2) is 24.7 Å². The second kappa shape index (κ2) is 8.44. The molecule has 2 atom stereocenters. The Kier molecular flexibility index (Phi) is 6.58. The average molecular weight is 306 g/mol. The Bertz CT molecular complexity index is 432. The zero-order chi connectivity index (χ0) is 15.1. The molecule has 0 aromatic heterocycles. The molecule has 1 aromatic rings. The third-order valence-electron chi connectivity index (χ3n) is 4.38. The molecular weight excluding hydrogens is 280 g/mol. The summed E-state index contributed by atoms with van der Waals surface area (Å²) in [5.41, 5.74) is 6.97. The highest BCUT2D eigenvalue weighted by Crippen LogP contribution is 2.29. The molecule has 0 saturated heterocycles. The molecule has 3 nitrogen and oxygen atoms in total. The normalized spacial score (nSPS) is 19.0. The minimum atomic E-state index is -0.149. The number of amides is 1. The Hall–Kier alpha value is -1.00. The standard InChI is InChI=1S/C17H26N2OS/c1-21-16(14-10-6-3-7-11-14)17(20)19-15(12-18)13-8-4-2-5-9-13/h3,6-7,10-11,13,15-16H,2,4-5,8-9,12,18H2,1H3,(H,19,20). The van der Waals surface area contributed by atoms with Crippen molar-refractivity contribution in [2.24, 2.45) is 11.7 Å². The summed E-state index contributed by atoms with van der Waals surface area (Å²) in [6, 6.07) is 10.1. The molecule has 4 heteroatoms. The second-order valence-electron chi connectivity index (χ2n) is 5.78. The van der Waals surface area contributed by atoms with E-state index in [0.717, 1.165) is 5.56 Å². The molecule has 1 amide bonds. The lowest BCUT2D eigenvalue weighted by molar-refractivity contribution is -0.121. The van der Waals surface area contributed by atoms with Crippen molar-refractivity contribution >= 4 is 17.7 Å². The summed E-state index contributed by atoms with van der Waals surface area (Å²) >= 11 is 1.58. The zero-order valence-corrected chi connectivity index (χ0v) is 13.6. The minimum Gasteiger partial charge on any atom is -0.351 e. The van der Waals surface area contributed by atoms with Gasteiger partial charge >= 0.3 is 0 Å². The van der Waals surface area contributed by atoms with Gasteiger partial charge in [-0.3, -0.25) is 4.79 Å². The van der Waals surface area contributed by atoms with Gasteiger partial charge < -0.3 is 11.1 Å². The van der Waals surface area contributed by atoms with E-state index in [0.29, 0.717) is 12.5 Å². The van der Waals surface area contributed by atoms with Crippen LogP contribution in [0.15, 0.2) is 30.3 Å². The number of nitrogens with one attached hydrogen (secondary N) is 1. The van der Waals surface area contributed by atoms with Crippen LogP contribution in [0.25, 0.3) is 0 Å². The van der Waals surface area contributed by atoms with E-state index in [1.165, 1.54) is 32.1 Å². The molecule has 1 aliphatic carbocycles. The molecule has 1 fully saturated rings. The Morgan fingerprint density at radius 1 is 1.29 bits per heavy atom. The van der Waals surface area contributed by atoms with E-state index in [-0.39, 0.29) is 17.2 Å². The van der Waals surface area contributed by atoms with Gasteiger partial charge in [-0.25, -0.2) is 0 Å². The molecular formula is C17H26N2OS. The predicted molar refractivity (Wildman–Crippen MR) is 90.3 cm³/mol. The summed E-state index contributed by atoms with van der Waals surface area (Å²) in [4.78, 5) is 12.6. The van der Waals surface area contributed by atoms with Gasteiger partial charge in [-0.1, -0.05) is 49.6 Å². The molecule has 1 aromatic carbocycles. The summed E-state index contributed by atoms with van der Waals surface area (Å²) < 4.78 is 0. The van der Waals surface area contributed by atoms with Crippen LogP contribution in [0.5, 0.6) is 0 Å². The number of hydrogen-bond acceptors (Lipinski definition) is 3. The van der Waals surface area contributed by atoms with Gasteiger partial charge in [0.2, 0.25) is 5.91 Å². The maximum absolute atomic E-state index is 12.6. The molecule has 0 spiro atoms. The summed E-state index contributed by atoms with van der Waals surface area (Å²) in [7, 11) is 0. The van der Waals surface area contributed by atoms with Crippen molar-refractivity contribution < 1.29 is 4.79 Å². The van der Waals surface area contributed by atoms with E-state index in [9.17, 15) is 4.79 Å². The Balaban J connectivity index is 2.00. The van der Waals surface area contributed by atoms with Crippen LogP contribution in [0.2, 0.25) is 0 Å². The number of nitrogens with two attached hydrogens (primary N) is 1. The number of rotatable bonds is 6. The van der Waals surface area contributed by atoms with Gasteiger partial charge in [-0.05, 0) is 30.6 Å². The molecule has 2 rings (SSSR count). The van der Waals surface area contributed by atoms with E-state index in [2.05, 4.69) is 5.32 Å². The van der Waals surface area contributed by atoms with Crippen LogP contribution in [0.1, 0.15) is 42.9 Å². The predicted octanol–water partition coefficient (Wildman–Crippen LogP) is 3.11. The van der Waals surface area contributed by atoms with E-state index >= 15 is 0 Å². The van der Waals surface area contributed by atoms with Crippen LogP contribution >= 0.6 is 11.8 Å². The Morgan fingerprint density at radius 3 is 2.52 bits per heavy atom. The molecule has 1 aliphatic rings. The van der Waals surface area contributed by atoms with Crippen molar-refractivity contribution in [3.05, 3.63) is 35.9 Å². The maximum Gasteiger partial charge on any atom is 0.237 e. The number of hydrogen-bond donors (Lipinski definition) is 2. The van der Waals surface area contributed by atoms with Gasteiger partial charge in [0.1, 0.15) is 5.25 Å². The highest BCUT2D eigenvalue weighted by Gasteiger charge is 2.27. The van der Waals surface area contributed by atoms with Gasteiger partial charge in [0.15, 0.2) is 0 Å². The molecule has 21 heavy (non-hydrogen) atoms. The third kappa shape index (κ3) is 4.48. The minimum absolute atomic E-state index is 0.0923. The van der Waals surface area contributed by atoms with E-state index in [1.807, 2.05) is 36.6 Å². The Labute approximate surface area is 132 Å². The maximum atomic E-state index is 12.6. The fraction of sp³-hybridized carbons (Fsp3) is 0.588. The summed E-state index contributed by atoms with van der Waals surface area (Å²) in [5, 5.41) is 3.05. The lowest BCUT2D eigenvalue weighted by Crippen LogP contribution is -2.47. The van der Waals surface area contributed by atoms with Gasteiger partial charge in [0.25, 0.3) is 0 Å². The van der Waals surface area contributed by atoms with Crippen LogP contribution in [-0.2, 0) is 4.79 Å². The van der Waals surface area contributed by atoms with Crippen molar-refractivity contribution in [3.63, 3.8) is 0 Å². The summed E-state index contributed by atoms with van der Waals surface area (Å²) in [6.45, 7) is 0.534. The fourth-order valence-electron chi connectivity index (χ4n) is 3.19. The van der Waals surface area contributed by atoms with Crippen molar-refractivity contribution in [2.45, 2.75) is 43.4 Å². The van der Waals surface area contributed by atoms with Crippen LogP contribution in [0.3, 0.4) is 0 Å². The first kappa shape index (κ1) is 16.4. The number of benzene rings is 1. The monoisotopic (exact) mass is 306 g/mol. The molecule has 0 radical (unpaired) electrons. The van der Waals surface area contributed by atoms with E-state index in [1.54, 1.807) is 11.8 Å². The van der Waals surface area contributed by atoms with Crippen molar-refractivity contribution in [1.82, 2.24) is 5.32 Å². The zero-order valence-electron chi connectivity index (χ0n) is 12.8. The Morgan fingerprint density at radius 2 is 1.95 bits per heavy atom. The van der Waals surface area contributed by atoms with Crippen LogP contribution in [0, 0.1) is 5.92 Å². The van der Waals surface area contributed by atoms with Crippen LogP contribution in [0.4, 0.5) is 0 Å². The highest BCUT2D eigenvalue weighted by molar-refractivity contribution is 7.99.